The molecule has 0 unspecified atom stereocenters. The van der Waals surface area contributed by atoms with E-state index >= 15 is 0 Å². The van der Waals surface area contributed by atoms with Crippen molar-refractivity contribution in [3.05, 3.63) is 48.2 Å². The highest BCUT2D eigenvalue weighted by Crippen LogP contribution is 2.33. The van der Waals surface area contributed by atoms with Crippen LogP contribution in [0.15, 0.2) is 51.2 Å². The van der Waals surface area contributed by atoms with Crippen LogP contribution in [-0.2, 0) is 14.8 Å². The lowest BCUT2D eigenvalue weighted by Crippen LogP contribution is -2.48. The first-order chi connectivity index (χ1) is 14.9. The van der Waals surface area contributed by atoms with Crippen LogP contribution in [-0.4, -0.2) is 64.2 Å². The number of esters is 1. The average molecular weight is 464 g/mol. The molecule has 3 heterocycles. The monoisotopic (exact) mass is 463 g/mol. The van der Waals surface area contributed by atoms with Gasteiger partial charge in [-0.1, -0.05) is 11.2 Å². The van der Waals surface area contributed by atoms with Gasteiger partial charge in [-0.25, -0.2) is 13.2 Å². The third-order valence-corrected chi connectivity index (χ3v) is 8.45. The summed E-state index contributed by atoms with van der Waals surface area (Å²) in [6, 6.07) is 12.3. The summed E-state index contributed by atoms with van der Waals surface area (Å²) in [5.74, 6) is 0.462. The molecular weight excluding hydrogens is 442 g/mol. The normalized spacial score (nSPS) is 15.1. The van der Waals surface area contributed by atoms with Gasteiger partial charge in [-0.2, -0.15) is 4.31 Å². The number of piperazine rings is 1. The molecule has 0 radical (unpaired) electrons. The Labute approximate surface area is 183 Å². The summed E-state index contributed by atoms with van der Waals surface area (Å²) in [7, 11) is -0.766. The molecule has 9 nitrogen and oxygen atoms in total. The van der Waals surface area contributed by atoms with Crippen molar-refractivity contribution in [2.24, 2.45) is 0 Å². The fraction of sp³-hybridized carbons (Fsp3) is 0.300. The number of nitrogens with zero attached hydrogens (tertiary/aromatic N) is 3. The van der Waals surface area contributed by atoms with E-state index in [0.29, 0.717) is 36.8 Å². The van der Waals surface area contributed by atoms with Crippen molar-refractivity contribution in [1.82, 2.24) is 9.46 Å². The van der Waals surface area contributed by atoms with Crippen molar-refractivity contribution >= 4 is 33.0 Å². The molecule has 0 bridgehead atoms. The van der Waals surface area contributed by atoms with Gasteiger partial charge in [-0.3, -0.25) is 0 Å². The fourth-order valence-electron chi connectivity index (χ4n) is 3.30. The van der Waals surface area contributed by atoms with Gasteiger partial charge in [0, 0.05) is 44.0 Å². The second-order valence-corrected chi connectivity index (χ2v) is 10.0. The first kappa shape index (κ1) is 21.3. The van der Waals surface area contributed by atoms with Crippen LogP contribution in [0.2, 0.25) is 0 Å². The Morgan fingerprint density at radius 3 is 2.58 bits per heavy atom. The van der Waals surface area contributed by atoms with E-state index in [-0.39, 0.29) is 9.90 Å². The van der Waals surface area contributed by atoms with Gasteiger partial charge in [0.1, 0.15) is 9.96 Å². The van der Waals surface area contributed by atoms with Crippen LogP contribution in [0.5, 0.6) is 5.75 Å². The summed E-state index contributed by atoms with van der Waals surface area (Å²) in [5.41, 5.74) is 1.03. The van der Waals surface area contributed by atoms with Gasteiger partial charge >= 0.3 is 5.97 Å². The third kappa shape index (κ3) is 4.29. The van der Waals surface area contributed by atoms with Gasteiger partial charge in [-0.05, 0) is 24.3 Å². The highest BCUT2D eigenvalue weighted by Gasteiger charge is 2.30. The molecule has 0 amide bonds. The molecule has 0 spiro atoms. The van der Waals surface area contributed by atoms with Gasteiger partial charge in [0.25, 0.3) is 10.0 Å². The Bertz CT molecular complexity index is 1180. The molecule has 0 aliphatic carbocycles. The summed E-state index contributed by atoms with van der Waals surface area (Å²) in [5, 5.41) is 3.66. The summed E-state index contributed by atoms with van der Waals surface area (Å²) in [4.78, 5) is 14.2. The predicted molar refractivity (Wildman–Crippen MR) is 115 cm³/mol. The molecule has 164 valence electrons. The maximum Gasteiger partial charge on any atom is 0.360 e. The summed E-state index contributed by atoms with van der Waals surface area (Å²) < 4.78 is 43.0. The standard InChI is InChI=1S/C20H21N3O6S2/c1-27-15-5-3-4-14(12-15)22-8-10-23(11-9-22)31(25,26)19-7-6-18(30-19)17-13-16(21-29-17)20(24)28-2/h3-7,12-13H,8-11H2,1-2H3. The van der Waals surface area contributed by atoms with E-state index in [1.165, 1.54) is 17.5 Å². The van der Waals surface area contributed by atoms with Crippen molar-refractivity contribution < 1.29 is 27.2 Å². The van der Waals surface area contributed by atoms with Crippen molar-refractivity contribution in [1.29, 1.82) is 0 Å². The number of anilines is 1. The van der Waals surface area contributed by atoms with E-state index in [1.54, 1.807) is 19.2 Å². The van der Waals surface area contributed by atoms with E-state index < -0.39 is 16.0 Å². The number of rotatable bonds is 6. The number of methoxy groups -OCH3 is 2. The molecule has 0 atom stereocenters. The van der Waals surface area contributed by atoms with Crippen LogP contribution in [0, 0.1) is 0 Å². The van der Waals surface area contributed by atoms with Crippen LogP contribution >= 0.6 is 11.3 Å². The Balaban J connectivity index is 1.46. The maximum atomic E-state index is 13.1. The second kappa shape index (κ2) is 8.69. The molecule has 4 rings (SSSR count). The molecule has 1 aromatic carbocycles. The molecular formula is C20H21N3O6S2. The minimum Gasteiger partial charge on any atom is -0.497 e. The Morgan fingerprint density at radius 1 is 1.10 bits per heavy atom. The van der Waals surface area contributed by atoms with E-state index in [1.807, 2.05) is 24.3 Å². The smallest absolute Gasteiger partial charge is 0.360 e. The van der Waals surface area contributed by atoms with E-state index in [2.05, 4.69) is 14.8 Å². The van der Waals surface area contributed by atoms with Gasteiger partial charge in [0.15, 0.2) is 11.5 Å². The van der Waals surface area contributed by atoms with Gasteiger partial charge in [0.2, 0.25) is 0 Å². The number of sulfonamides is 1. The first-order valence-electron chi connectivity index (χ1n) is 9.47. The molecule has 1 fully saturated rings. The number of benzene rings is 1. The number of thiophene rings is 1. The lowest BCUT2D eigenvalue weighted by Gasteiger charge is -2.35. The third-order valence-electron chi connectivity index (χ3n) is 4.98. The predicted octanol–water partition coefficient (Wildman–Crippen LogP) is 2.71. The lowest BCUT2D eigenvalue weighted by atomic mass is 10.2. The quantitative estimate of drug-likeness (QED) is 0.514. The average Bonchev–Trinajstić information content (AvgIpc) is 3.49. The topological polar surface area (TPSA) is 102 Å². The SMILES string of the molecule is COC(=O)c1cc(-c2ccc(S(=O)(=O)N3CCN(c4cccc(OC)c4)CC3)s2)on1. The molecule has 1 aliphatic rings. The molecule has 0 N–H and O–H groups in total. The van der Waals surface area contributed by atoms with Gasteiger partial charge < -0.3 is 18.9 Å². The van der Waals surface area contributed by atoms with Crippen molar-refractivity contribution in [2.75, 3.05) is 45.3 Å². The zero-order valence-electron chi connectivity index (χ0n) is 17.0. The number of carbonyl (C=O) groups is 1. The summed E-state index contributed by atoms with van der Waals surface area (Å²) >= 11 is 1.08. The summed E-state index contributed by atoms with van der Waals surface area (Å²) in [6.45, 7) is 1.91. The molecule has 1 aliphatic heterocycles. The van der Waals surface area contributed by atoms with Crippen LogP contribution in [0.1, 0.15) is 10.5 Å². The second-order valence-electron chi connectivity index (χ2n) is 6.78. The number of carbonyl (C=O) groups excluding carboxylic acids is 1. The zero-order chi connectivity index (χ0) is 22.0. The molecule has 2 aromatic heterocycles. The minimum absolute atomic E-state index is 0.0315. The van der Waals surface area contributed by atoms with Crippen LogP contribution in [0.25, 0.3) is 10.6 Å². The Morgan fingerprint density at radius 2 is 1.87 bits per heavy atom. The lowest BCUT2D eigenvalue weighted by molar-refractivity contribution is 0.0589. The molecule has 1 saturated heterocycles. The van der Waals surface area contributed by atoms with Gasteiger partial charge in [0.05, 0.1) is 19.1 Å². The highest BCUT2D eigenvalue weighted by molar-refractivity contribution is 7.91. The van der Waals surface area contributed by atoms with Crippen molar-refractivity contribution in [3.8, 4) is 16.4 Å². The van der Waals surface area contributed by atoms with E-state index in [9.17, 15) is 13.2 Å². The molecule has 3 aromatic rings. The largest absolute Gasteiger partial charge is 0.497 e. The summed E-state index contributed by atoms with van der Waals surface area (Å²) in [6.07, 6.45) is 0. The number of hydrogen-bond donors (Lipinski definition) is 0. The zero-order valence-corrected chi connectivity index (χ0v) is 18.6. The van der Waals surface area contributed by atoms with E-state index in [4.69, 9.17) is 9.26 Å². The number of aromatic nitrogens is 1. The van der Waals surface area contributed by atoms with Crippen molar-refractivity contribution in [3.63, 3.8) is 0 Å². The van der Waals surface area contributed by atoms with Crippen molar-refractivity contribution in [2.45, 2.75) is 4.21 Å². The van der Waals surface area contributed by atoms with Gasteiger partial charge in [-0.15, -0.1) is 11.3 Å². The minimum atomic E-state index is -3.64. The Kier molecular flexibility index (Phi) is 5.99. The first-order valence-corrected chi connectivity index (χ1v) is 11.7. The van der Waals surface area contributed by atoms with E-state index in [0.717, 1.165) is 22.8 Å². The van der Waals surface area contributed by atoms with Crippen LogP contribution < -0.4 is 9.64 Å². The highest BCUT2D eigenvalue weighted by atomic mass is 32.2. The molecule has 31 heavy (non-hydrogen) atoms. The fourth-order valence-corrected chi connectivity index (χ4v) is 6.14. The number of ether oxygens (including phenoxy) is 2. The Hall–Kier alpha value is -2.89. The number of hydrogen-bond acceptors (Lipinski definition) is 9. The molecule has 0 saturated carbocycles. The maximum absolute atomic E-state index is 13.1. The van der Waals surface area contributed by atoms with Crippen LogP contribution in [0.3, 0.4) is 0 Å². The molecule has 11 heteroatoms. The van der Waals surface area contributed by atoms with Crippen LogP contribution in [0.4, 0.5) is 5.69 Å².